The van der Waals surface area contributed by atoms with Gasteiger partial charge >= 0.3 is 0 Å². The highest BCUT2D eigenvalue weighted by molar-refractivity contribution is 7.07. The largest absolute Gasteiger partial charge is 0.308 e. The molecule has 1 aromatic carbocycles. The van der Waals surface area contributed by atoms with Crippen molar-refractivity contribution in [2.75, 3.05) is 0 Å². The lowest BCUT2D eigenvalue weighted by molar-refractivity contribution is 0.325. The molecular formula is C16H20N2S. The van der Waals surface area contributed by atoms with Crippen LogP contribution in [0, 0.1) is 0 Å². The first kappa shape index (κ1) is 12.8. The third kappa shape index (κ3) is 3.23. The molecule has 2 nitrogen and oxygen atoms in total. The molecule has 3 heteroatoms. The van der Waals surface area contributed by atoms with Gasteiger partial charge in [0.2, 0.25) is 0 Å². The first-order valence-electron chi connectivity index (χ1n) is 7.09. The van der Waals surface area contributed by atoms with Crippen molar-refractivity contribution in [1.82, 2.24) is 10.3 Å². The summed E-state index contributed by atoms with van der Waals surface area (Å²) >= 11 is 1.67. The van der Waals surface area contributed by atoms with E-state index in [4.69, 9.17) is 0 Å². The van der Waals surface area contributed by atoms with Crippen molar-refractivity contribution in [3.63, 3.8) is 0 Å². The van der Waals surface area contributed by atoms with E-state index in [2.05, 4.69) is 46.0 Å². The summed E-state index contributed by atoms with van der Waals surface area (Å²) in [6.45, 7) is 0.900. The fourth-order valence-corrected chi connectivity index (χ4v) is 3.59. The number of hydrogen-bond donors (Lipinski definition) is 1. The molecule has 0 saturated heterocycles. The summed E-state index contributed by atoms with van der Waals surface area (Å²) in [4.78, 5) is 4.35. The fraction of sp³-hybridized carbons (Fsp3) is 0.438. The average Bonchev–Trinajstić information content (AvgIpc) is 3.00. The maximum absolute atomic E-state index is 4.35. The first-order chi connectivity index (χ1) is 9.43. The zero-order valence-corrected chi connectivity index (χ0v) is 11.9. The number of aromatic nitrogens is 1. The lowest BCUT2D eigenvalue weighted by atomic mass is 9.80. The van der Waals surface area contributed by atoms with E-state index in [1.165, 1.54) is 36.9 Å². The second kappa shape index (κ2) is 6.31. The van der Waals surface area contributed by atoms with Crippen LogP contribution in [0.2, 0.25) is 0 Å². The second-order valence-corrected chi connectivity index (χ2v) is 5.99. The Morgan fingerprint density at radius 2 is 2.00 bits per heavy atom. The van der Waals surface area contributed by atoms with Gasteiger partial charge in [0.1, 0.15) is 0 Å². The molecule has 2 aromatic rings. The summed E-state index contributed by atoms with van der Waals surface area (Å²) in [5.74, 6) is 0.661. The SMILES string of the molecule is c1ccc(C2CCCCC2NCc2cscn2)cc1. The fourth-order valence-electron chi connectivity index (χ4n) is 3.03. The Kier molecular flexibility index (Phi) is 4.26. The van der Waals surface area contributed by atoms with Gasteiger partial charge in [-0.3, -0.25) is 0 Å². The minimum atomic E-state index is 0.595. The van der Waals surface area contributed by atoms with Gasteiger partial charge in [-0.25, -0.2) is 4.98 Å². The Bertz CT molecular complexity index is 481. The van der Waals surface area contributed by atoms with Crippen LogP contribution in [0.3, 0.4) is 0 Å². The van der Waals surface area contributed by atoms with Crippen LogP contribution in [0.5, 0.6) is 0 Å². The van der Waals surface area contributed by atoms with Crippen LogP contribution in [-0.2, 0) is 6.54 Å². The van der Waals surface area contributed by atoms with Gasteiger partial charge in [0.25, 0.3) is 0 Å². The number of hydrogen-bond acceptors (Lipinski definition) is 3. The molecule has 1 aliphatic rings. The molecule has 19 heavy (non-hydrogen) atoms. The predicted molar refractivity (Wildman–Crippen MR) is 80.4 cm³/mol. The minimum absolute atomic E-state index is 0.595. The Labute approximate surface area is 118 Å². The highest BCUT2D eigenvalue weighted by Crippen LogP contribution is 2.33. The van der Waals surface area contributed by atoms with Gasteiger partial charge in [-0.05, 0) is 24.3 Å². The molecule has 1 aliphatic carbocycles. The summed E-state index contributed by atoms with van der Waals surface area (Å²) in [6.07, 6.45) is 5.29. The number of rotatable bonds is 4. The van der Waals surface area contributed by atoms with Crippen molar-refractivity contribution in [1.29, 1.82) is 0 Å². The van der Waals surface area contributed by atoms with Gasteiger partial charge in [0, 0.05) is 18.0 Å². The number of nitrogens with one attached hydrogen (secondary N) is 1. The Morgan fingerprint density at radius 3 is 2.79 bits per heavy atom. The van der Waals surface area contributed by atoms with Crippen LogP contribution in [0.25, 0.3) is 0 Å². The summed E-state index contributed by atoms with van der Waals surface area (Å²) < 4.78 is 0. The predicted octanol–water partition coefficient (Wildman–Crippen LogP) is 3.96. The maximum atomic E-state index is 4.35. The average molecular weight is 272 g/mol. The lowest BCUT2D eigenvalue weighted by Crippen LogP contribution is -2.36. The van der Waals surface area contributed by atoms with E-state index in [0.717, 1.165) is 6.54 Å². The minimum Gasteiger partial charge on any atom is -0.308 e. The van der Waals surface area contributed by atoms with Gasteiger partial charge in [-0.15, -0.1) is 11.3 Å². The molecular weight excluding hydrogens is 252 g/mol. The molecule has 1 fully saturated rings. The highest BCUT2D eigenvalue weighted by Gasteiger charge is 2.25. The molecule has 0 aliphatic heterocycles. The molecule has 2 unspecified atom stereocenters. The molecule has 1 heterocycles. The Balaban J connectivity index is 1.67. The normalized spacial score (nSPS) is 23.4. The van der Waals surface area contributed by atoms with Crippen molar-refractivity contribution in [3.8, 4) is 0 Å². The molecule has 3 rings (SSSR count). The molecule has 0 spiro atoms. The Morgan fingerprint density at radius 1 is 1.16 bits per heavy atom. The van der Waals surface area contributed by atoms with E-state index in [1.54, 1.807) is 11.3 Å². The van der Waals surface area contributed by atoms with Crippen LogP contribution in [0.15, 0.2) is 41.2 Å². The summed E-state index contributed by atoms with van der Waals surface area (Å²) in [6, 6.07) is 11.5. The van der Waals surface area contributed by atoms with Crippen molar-refractivity contribution in [2.45, 2.75) is 44.2 Å². The summed E-state index contributed by atoms with van der Waals surface area (Å²) in [7, 11) is 0. The third-order valence-corrected chi connectivity index (χ3v) is 4.66. The number of thiazole rings is 1. The maximum Gasteiger partial charge on any atom is 0.0795 e. The topological polar surface area (TPSA) is 24.9 Å². The van der Waals surface area contributed by atoms with Crippen LogP contribution in [0.1, 0.15) is 42.9 Å². The van der Waals surface area contributed by atoms with Crippen LogP contribution >= 0.6 is 11.3 Å². The van der Waals surface area contributed by atoms with Gasteiger partial charge < -0.3 is 5.32 Å². The molecule has 1 N–H and O–H groups in total. The standard InChI is InChI=1S/C16H20N2S/c1-2-6-13(7-3-1)15-8-4-5-9-16(15)17-10-14-11-19-12-18-14/h1-3,6-7,11-12,15-17H,4-5,8-10H2. The molecule has 2 atom stereocenters. The van der Waals surface area contributed by atoms with Crippen molar-refractivity contribution in [2.24, 2.45) is 0 Å². The molecule has 0 bridgehead atoms. The summed E-state index contributed by atoms with van der Waals surface area (Å²) in [5, 5.41) is 5.85. The monoisotopic (exact) mass is 272 g/mol. The zero-order valence-electron chi connectivity index (χ0n) is 11.1. The van der Waals surface area contributed by atoms with E-state index in [9.17, 15) is 0 Å². The third-order valence-electron chi connectivity index (χ3n) is 4.02. The highest BCUT2D eigenvalue weighted by atomic mass is 32.1. The van der Waals surface area contributed by atoms with Gasteiger partial charge in [0.15, 0.2) is 0 Å². The Hall–Kier alpha value is -1.19. The van der Waals surface area contributed by atoms with Crippen molar-refractivity contribution in [3.05, 3.63) is 52.5 Å². The molecule has 100 valence electrons. The van der Waals surface area contributed by atoms with Crippen LogP contribution in [-0.4, -0.2) is 11.0 Å². The van der Waals surface area contributed by atoms with Gasteiger partial charge in [0.05, 0.1) is 11.2 Å². The number of benzene rings is 1. The van der Waals surface area contributed by atoms with Crippen LogP contribution < -0.4 is 5.32 Å². The van der Waals surface area contributed by atoms with Gasteiger partial charge in [-0.1, -0.05) is 43.2 Å². The molecule has 0 radical (unpaired) electrons. The molecule has 1 aromatic heterocycles. The smallest absolute Gasteiger partial charge is 0.0795 e. The van der Waals surface area contributed by atoms with Crippen LogP contribution in [0.4, 0.5) is 0 Å². The van der Waals surface area contributed by atoms with E-state index in [1.807, 2.05) is 5.51 Å². The van der Waals surface area contributed by atoms with Crippen molar-refractivity contribution < 1.29 is 0 Å². The quantitative estimate of drug-likeness (QED) is 0.911. The van der Waals surface area contributed by atoms with E-state index < -0.39 is 0 Å². The van der Waals surface area contributed by atoms with Gasteiger partial charge in [-0.2, -0.15) is 0 Å². The van der Waals surface area contributed by atoms with E-state index in [0.29, 0.717) is 12.0 Å². The van der Waals surface area contributed by atoms with Crippen molar-refractivity contribution >= 4 is 11.3 Å². The summed E-state index contributed by atoms with van der Waals surface area (Å²) in [5.41, 5.74) is 4.56. The first-order valence-corrected chi connectivity index (χ1v) is 8.03. The lowest BCUT2D eigenvalue weighted by Gasteiger charge is -2.32. The zero-order chi connectivity index (χ0) is 12.9. The van der Waals surface area contributed by atoms with E-state index >= 15 is 0 Å². The molecule has 1 saturated carbocycles. The second-order valence-electron chi connectivity index (χ2n) is 5.27. The number of nitrogens with zero attached hydrogens (tertiary/aromatic N) is 1. The van der Waals surface area contributed by atoms with E-state index in [-0.39, 0.29) is 0 Å². The molecule has 0 amide bonds.